The Labute approximate surface area is 88.7 Å². The van der Waals surface area contributed by atoms with Crippen molar-refractivity contribution < 1.29 is 4.79 Å². The Morgan fingerprint density at radius 3 is 2.60 bits per heavy atom. The number of aromatic nitrogens is 1. The SMILES string of the molecule is Cc1ccc(C)n1NCC(=O)NCC#N. The summed E-state index contributed by atoms with van der Waals surface area (Å²) in [6.45, 7) is 4.11. The number of carbonyl (C=O) groups is 1. The second-order valence-corrected chi connectivity index (χ2v) is 3.22. The number of rotatable bonds is 4. The van der Waals surface area contributed by atoms with Crippen LogP contribution in [0.3, 0.4) is 0 Å². The first kappa shape index (κ1) is 11.1. The Morgan fingerprint density at radius 2 is 2.07 bits per heavy atom. The number of aryl methyl sites for hydroxylation is 2. The van der Waals surface area contributed by atoms with Gasteiger partial charge in [0.15, 0.2) is 0 Å². The van der Waals surface area contributed by atoms with E-state index in [2.05, 4.69) is 10.7 Å². The van der Waals surface area contributed by atoms with Crippen molar-refractivity contribution in [3.63, 3.8) is 0 Å². The predicted octanol–water partition coefficient (Wildman–Crippen LogP) is 0.288. The van der Waals surface area contributed by atoms with Crippen molar-refractivity contribution in [2.75, 3.05) is 18.5 Å². The van der Waals surface area contributed by atoms with E-state index in [9.17, 15) is 4.79 Å². The number of hydrogen-bond acceptors (Lipinski definition) is 3. The van der Waals surface area contributed by atoms with Crippen molar-refractivity contribution in [2.45, 2.75) is 13.8 Å². The fraction of sp³-hybridized carbons (Fsp3) is 0.400. The van der Waals surface area contributed by atoms with E-state index >= 15 is 0 Å². The van der Waals surface area contributed by atoms with Crippen LogP contribution in [0.25, 0.3) is 0 Å². The number of nitrogens with zero attached hydrogens (tertiary/aromatic N) is 2. The van der Waals surface area contributed by atoms with Crippen molar-refractivity contribution in [1.82, 2.24) is 9.99 Å². The molecule has 0 aliphatic carbocycles. The molecule has 15 heavy (non-hydrogen) atoms. The van der Waals surface area contributed by atoms with Crippen LogP contribution in [0, 0.1) is 25.2 Å². The summed E-state index contributed by atoms with van der Waals surface area (Å²) in [5.41, 5.74) is 5.05. The molecule has 5 nitrogen and oxygen atoms in total. The van der Waals surface area contributed by atoms with E-state index in [1.165, 1.54) is 0 Å². The standard InChI is InChI=1S/C10H14N4O/c1-8-3-4-9(2)14(8)13-7-10(15)12-6-5-11/h3-4,13H,6-7H2,1-2H3,(H,12,15). The van der Waals surface area contributed by atoms with Gasteiger partial charge in [-0.05, 0) is 26.0 Å². The second-order valence-electron chi connectivity index (χ2n) is 3.22. The highest BCUT2D eigenvalue weighted by molar-refractivity contribution is 5.79. The molecule has 1 rings (SSSR count). The molecule has 0 aliphatic heterocycles. The van der Waals surface area contributed by atoms with Gasteiger partial charge in [-0.25, -0.2) is 0 Å². The highest BCUT2D eigenvalue weighted by Crippen LogP contribution is 2.03. The number of carbonyl (C=O) groups excluding carboxylic acids is 1. The lowest BCUT2D eigenvalue weighted by Gasteiger charge is -2.11. The Bertz CT molecular complexity index is 369. The minimum atomic E-state index is -0.191. The van der Waals surface area contributed by atoms with Gasteiger partial charge >= 0.3 is 0 Å². The van der Waals surface area contributed by atoms with Gasteiger partial charge in [0.05, 0.1) is 6.07 Å². The Balaban J connectivity index is 2.44. The Morgan fingerprint density at radius 1 is 1.47 bits per heavy atom. The maximum atomic E-state index is 11.2. The summed E-state index contributed by atoms with van der Waals surface area (Å²) in [5.74, 6) is -0.191. The average Bonchev–Trinajstić information content (AvgIpc) is 2.53. The molecule has 1 aromatic rings. The maximum absolute atomic E-state index is 11.2. The minimum Gasteiger partial charge on any atom is -0.341 e. The van der Waals surface area contributed by atoms with Crippen LogP contribution in [-0.2, 0) is 4.79 Å². The lowest BCUT2D eigenvalue weighted by atomic mass is 10.5. The van der Waals surface area contributed by atoms with Gasteiger partial charge in [0.25, 0.3) is 0 Å². The van der Waals surface area contributed by atoms with E-state index < -0.39 is 0 Å². The largest absolute Gasteiger partial charge is 0.341 e. The van der Waals surface area contributed by atoms with Crippen molar-refractivity contribution in [1.29, 1.82) is 5.26 Å². The molecular weight excluding hydrogens is 192 g/mol. The van der Waals surface area contributed by atoms with Gasteiger partial charge in [0.1, 0.15) is 13.1 Å². The molecule has 0 bridgehead atoms. The fourth-order valence-corrected chi connectivity index (χ4v) is 1.27. The molecule has 1 heterocycles. The molecule has 0 fully saturated rings. The number of nitrogens with one attached hydrogen (secondary N) is 2. The molecule has 80 valence electrons. The predicted molar refractivity (Wildman–Crippen MR) is 56.8 cm³/mol. The normalized spacial score (nSPS) is 9.40. The van der Waals surface area contributed by atoms with E-state index in [1.54, 1.807) is 0 Å². The van der Waals surface area contributed by atoms with Crippen LogP contribution in [-0.4, -0.2) is 23.7 Å². The third-order valence-electron chi connectivity index (χ3n) is 2.03. The molecule has 0 aliphatic rings. The van der Waals surface area contributed by atoms with Crippen molar-refractivity contribution >= 4 is 5.91 Å². The zero-order valence-corrected chi connectivity index (χ0v) is 8.87. The smallest absolute Gasteiger partial charge is 0.241 e. The summed E-state index contributed by atoms with van der Waals surface area (Å²) in [6.07, 6.45) is 0. The molecule has 2 N–H and O–H groups in total. The third-order valence-corrected chi connectivity index (χ3v) is 2.03. The van der Waals surface area contributed by atoms with Gasteiger partial charge in [0.2, 0.25) is 5.91 Å². The van der Waals surface area contributed by atoms with Gasteiger partial charge in [0, 0.05) is 11.4 Å². The van der Waals surface area contributed by atoms with Crippen molar-refractivity contribution in [3.05, 3.63) is 23.5 Å². The molecule has 1 aromatic heterocycles. The lowest BCUT2D eigenvalue weighted by Crippen LogP contribution is -2.33. The fourth-order valence-electron chi connectivity index (χ4n) is 1.27. The van der Waals surface area contributed by atoms with Crippen LogP contribution < -0.4 is 10.7 Å². The molecular formula is C10H14N4O. The lowest BCUT2D eigenvalue weighted by molar-refractivity contribution is -0.119. The van der Waals surface area contributed by atoms with Gasteiger partial charge in [-0.2, -0.15) is 5.26 Å². The van der Waals surface area contributed by atoms with Gasteiger partial charge in [-0.15, -0.1) is 0 Å². The van der Waals surface area contributed by atoms with Gasteiger partial charge in [-0.3, -0.25) is 9.47 Å². The Hall–Kier alpha value is -1.96. The number of amides is 1. The molecule has 1 amide bonds. The van der Waals surface area contributed by atoms with E-state index in [0.717, 1.165) is 11.4 Å². The minimum absolute atomic E-state index is 0.0458. The first-order valence-corrected chi connectivity index (χ1v) is 4.67. The summed E-state index contributed by atoms with van der Waals surface area (Å²) in [5, 5.41) is 10.7. The molecule has 0 saturated heterocycles. The number of hydrogen-bond donors (Lipinski definition) is 2. The van der Waals surface area contributed by atoms with Gasteiger partial charge in [-0.1, -0.05) is 0 Å². The average molecular weight is 206 g/mol. The summed E-state index contributed by atoms with van der Waals surface area (Å²) in [6, 6.07) is 5.78. The van der Waals surface area contributed by atoms with Crippen molar-refractivity contribution in [2.24, 2.45) is 0 Å². The van der Waals surface area contributed by atoms with Crippen LogP contribution in [0.5, 0.6) is 0 Å². The molecule has 0 radical (unpaired) electrons. The maximum Gasteiger partial charge on any atom is 0.241 e. The third kappa shape index (κ3) is 3.02. The molecule has 0 aromatic carbocycles. The quantitative estimate of drug-likeness (QED) is 0.695. The summed E-state index contributed by atoms with van der Waals surface area (Å²) >= 11 is 0. The first-order valence-electron chi connectivity index (χ1n) is 4.67. The van der Waals surface area contributed by atoms with Crippen LogP contribution in [0.1, 0.15) is 11.4 Å². The monoisotopic (exact) mass is 206 g/mol. The highest BCUT2D eigenvalue weighted by Gasteiger charge is 2.02. The Kier molecular flexibility index (Phi) is 3.75. The van der Waals surface area contributed by atoms with Crippen LogP contribution in [0.2, 0.25) is 0 Å². The van der Waals surface area contributed by atoms with E-state index in [1.807, 2.05) is 36.7 Å². The highest BCUT2D eigenvalue weighted by atomic mass is 16.2. The van der Waals surface area contributed by atoms with Gasteiger partial charge < -0.3 is 10.7 Å². The summed E-state index contributed by atoms with van der Waals surface area (Å²) in [4.78, 5) is 11.2. The van der Waals surface area contributed by atoms with Crippen LogP contribution in [0.4, 0.5) is 0 Å². The van der Waals surface area contributed by atoms with E-state index in [4.69, 9.17) is 5.26 Å². The van der Waals surface area contributed by atoms with E-state index in [-0.39, 0.29) is 19.0 Å². The van der Waals surface area contributed by atoms with Crippen LogP contribution in [0.15, 0.2) is 12.1 Å². The summed E-state index contributed by atoms with van der Waals surface area (Å²) in [7, 11) is 0. The molecule has 0 unspecified atom stereocenters. The topological polar surface area (TPSA) is 69.8 Å². The first-order chi connectivity index (χ1) is 7.15. The second kappa shape index (κ2) is 5.05. The molecule has 5 heteroatoms. The molecule has 0 atom stereocenters. The summed E-state index contributed by atoms with van der Waals surface area (Å²) < 4.78 is 1.84. The molecule has 0 saturated carbocycles. The van der Waals surface area contributed by atoms with Crippen molar-refractivity contribution in [3.8, 4) is 6.07 Å². The molecule has 0 spiro atoms. The van der Waals surface area contributed by atoms with E-state index in [0.29, 0.717) is 0 Å². The zero-order chi connectivity index (χ0) is 11.3. The zero-order valence-electron chi connectivity index (χ0n) is 8.87. The van der Waals surface area contributed by atoms with Crippen LogP contribution >= 0.6 is 0 Å². The number of nitriles is 1.